The molecule has 2 nitrogen and oxygen atoms in total. The highest BCUT2D eigenvalue weighted by Gasteiger charge is 2.33. The van der Waals surface area contributed by atoms with Gasteiger partial charge in [-0.25, -0.2) is 22.0 Å². The molecule has 0 saturated heterocycles. The average Bonchev–Trinajstić information content (AvgIpc) is 2.89. The first-order chi connectivity index (χ1) is 18.1. The van der Waals surface area contributed by atoms with Gasteiger partial charge in [-0.1, -0.05) is 38.0 Å². The fourth-order valence-corrected chi connectivity index (χ4v) is 5.20. The average molecular weight is 541 g/mol. The van der Waals surface area contributed by atoms with Crippen LogP contribution in [0.25, 0.3) is 11.1 Å². The molecule has 0 radical (unpaired) electrons. The second kappa shape index (κ2) is 11.7. The lowest BCUT2D eigenvalue weighted by Gasteiger charge is -2.30. The van der Waals surface area contributed by atoms with Crippen molar-refractivity contribution in [2.24, 2.45) is 5.92 Å². The van der Waals surface area contributed by atoms with Gasteiger partial charge < -0.3 is 9.47 Å². The monoisotopic (exact) mass is 540 g/mol. The van der Waals surface area contributed by atoms with Gasteiger partial charge in [-0.15, -0.1) is 0 Å². The number of ether oxygens (including phenoxy) is 2. The van der Waals surface area contributed by atoms with Crippen molar-refractivity contribution in [1.82, 2.24) is 0 Å². The molecule has 0 bridgehead atoms. The molecule has 0 unspecified atom stereocenters. The van der Waals surface area contributed by atoms with E-state index in [0.29, 0.717) is 18.8 Å². The minimum Gasteiger partial charge on any atom is -0.453 e. The van der Waals surface area contributed by atoms with E-state index in [0.717, 1.165) is 44.7 Å². The van der Waals surface area contributed by atoms with Crippen LogP contribution in [0.5, 0.6) is 17.2 Å². The van der Waals surface area contributed by atoms with Gasteiger partial charge in [0, 0.05) is 16.7 Å². The molecule has 3 aromatic rings. The van der Waals surface area contributed by atoms with Crippen molar-refractivity contribution >= 4 is 0 Å². The molecule has 1 fully saturated rings. The van der Waals surface area contributed by atoms with Crippen LogP contribution in [0.4, 0.5) is 30.7 Å². The molecule has 0 atom stereocenters. The van der Waals surface area contributed by atoms with E-state index in [1.165, 1.54) is 24.3 Å². The molecule has 0 spiro atoms. The number of hydrogen-bond donors (Lipinski definition) is 0. The van der Waals surface area contributed by atoms with Crippen LogP contribution in [0.1, 0.15) is 62.5 Å². The number of rotatable bonds is 8. The third-order valence-corrected chi connectivity index (χ3v) is 7.10. The van der Waals surface area contributed by atoms with Gasteiger partial charge in [-0.3, -0.25) is 0 Å². The lowest BCUT2D eigenvalue weighted by molar-refractivity contribution is -0.0546. The Kier molecular flexibility index (Phi) is 8.53. The number of para-hydroxylation sites is 1. The summed E-state index contributed by atoms with van der Waals surface area (Å²) >= 11 is 0. The van der Waals surface area contributed by atoms with E-state index in [4.69, 9.17) is 4.74 Å². The maximum Gasteiger partial charge on any atom is 0.387 e. The minimum atomic E-state index is -3.43. The Morgan fingerprint density at radius 1 is 0.842 bits per heavy atom. The van der Waals surface area contributed by atoms with Gasteiger partial charge in [0.05, 0.1) is 0 Å². The van der Waals surface area contributed by atoms with Crippen LogP contribution in [0.2, 0.25) is 0 Å². The predicted octanol–water partition coefficient (Wildman–Crippen LogP) is 9.83. The Labute approximate surface area is 216 Å². The zero-order chi connectivity index (χ0) is 27.6. The molecule has 1 aliphatic carbocycles. The summed E-state index contributed by atoms with van der Waals surface area (Å²) in [7, 11) is 0. The third kappa shape index (κ3) is 5.61. The lowest BCUT2D eigenvalue weighted by atomic mass is 9.76. The van der Waals surface area contributed by atoms with E-state index in [-0.39, 0.29) is 22.4 Å². The molecule has 1 aliphatic rings. The van der Waals surface area contributed by atoms with Crippen LogP contribution >= 0.6 is 0 Å². The molecule has 1 saturated carbocycles. The Balaban J connectivity index is 1.76. The van der Waals surface area contributed by atoms with Gasteiger partial charge in [0.15, 0.2) is 40.6 Å². The second-order valence-corrected chi connectivity index (χ2v) is 9.56. The zero-order valence-corrected chi connectivity index (χ0v) is 20.9. The highest BCUT2D eigenvalue weighted by Crippen LogP contribution is 2.47. The van der Waals surface area contributed by atoms with Crippen molar-refractivity contribution < 1.29 is 40.2 Å². The van der Waals surface area contributed by atoms with Gasteiger partial charge in [-0.2, -0.15) is 8.78 Å². The minimum absolute atomic E-state index is 0.0771. The summed E-state index contributed by atoms with van der Waals surface area (Å²) in [6.45, 7) is -0.256. The Morgan fingerprint density at radius 3 is 2.08 bits per heavy atom. The summed E-state index contributed by atoms with van der Waals surface area (Å²) in [5.74, 6) is -8.11. The summed E-state index contributed by atoms with van der Waals surface area (Å²) in [6.07, 6.45) is 4.68. The first-order valence-corrected chi connectivity index (χ1v) is 12.5. The number of hydrogen-bond acceptors (Lipinski definition) is 2. The van der Waals surface area contributed by atoms with E-state index in [1.54, 1.807) is 0 Å². The van der Waals surface area contributed by atoms with Gasteiger partial charge >= 0.3 is 6.61 Å². The van der Waals surface area contributed by atoms with Crippen molar-refractivity contribution in [3.8, 4) is 28.4 Å². The number of benzene rings is 3. The third-order valence-electron chi connectivity index (χ3n) is 7.10. The molecule has 4 rings (SSSR count). The molecule has 3 aromatic carbocycles. The van der Waals surface area contributed by atoms with Crippen molar-refractivity contribution in [3.63, 3.8) is 0 Å². The molecular weight excluding hydrogens is 513 g/mol. The smallest absolute Gasteiger partial charge is 0.387 e. The van der Waals surface area contributed by atoms with Crippen LogP contribution in [-0.2, 0) is 0 Å². The number of halogens is 7. The Hall–Kier alpha value is -3.23. The predicted molar refractivity (Wildman–Crippen MR) is 129 cm³/mol. The van der Waals surface area contributed by atoms with Gasteiger partial charge in [0.25, 0.3) is 0 Å². The van der Waals surface area contributed by atoms with Crippen molar-refractivity contribution in [1.29, 1.82) is 0 Å². The molecular formula is C29H27F7O2. The largest absolute Gasteiger partial charge is 0.453 e. The maximum atomic E-state index is 15.4. The van der Waals surface area contributed by atoms with E-state index in [2.05, 4.69) is 11.7 Å². The molecule has 0 N–H and O–H groups in total. The second-order valence-electron chi connectivity index (χ2n) is 9.56. The molecule has 38 heavy (non-hydrogen) atoms. The summed E-state index contributed by atoms with van der Waals surface area (Å²) in [6, 6.07) is 7.37. The lowest BCUT2D eigenvalue weighted by Crippen LogP contribution is -2.17. The van der Waals surface area contributed by atoms with Crippen molar-refractivity contribution in [2.45, 2.75) is 64.9 Å². The topological polar surface area (TPSA) is 18.5 Å². The summed E-state index contributed by atoms with van der Waals surface area (Å²) in [5, 5.41) is 0. The SMILES string of the molecule is CCCC1CCC(c2c(F)c(F)c(C)c(F)c2Oc2ccccc2-c2cc(F)c(OC(F)F)c(F)c2)CC1. The van der Waals surface area contributed by atoms with Crippen LogP contribution in [-0.4, -0.2) is 6.61 Å². The summed E-state index contributed by atoms with van der Waals surface area (Å²) in [5.41, 5.74) is -0.788. The molecule has 0 amide bonds. The fraction of sp³-hybridized carbons (Fsp3) is 0.379. The van der Waals surface area contributed by atoms with Crippen LogP contribution in [0.3, 0.4) is 0 Å². The van der Waals surface area contributed by atoms with Crippen molar-refractivity contribution in [3.05, 3.63) is 76.6 Å². The van der Waals surface area contributed by atoms with E-state index in [9.17, 15) is 22.0 Å². The highest BCUT2D eigenvalue weighted by molar-refractivity contribution is 5.72. The van der Waals surface area contributed by atoms with Gasteiger partial charge in [0.2, 0.25) is 0 Å². The van der Waals surface area contributed by atoms with Gasteiger partial charge in [0.1, 0.15) is 5.75 Å². The summed E-state index contributed by atoms with van der Waals surface area (Å²) in [4.78, 5) is 0. The zero-order valence-electron chi connectivity index (χ0n) is 20.9. The first kappa shape index (κ1) is 27.8. The highest BCUT2D eigenvalue weighted by atomic mass is 19.3. The Morgan fingerprint density at radius 2 is 1.47 bits per heavy atom. The van der Waals surface area contributed by atoms with E-state index >= 15 is 8.78 Å². The molecule has 0 aromatic heterocycles. The van der Waals surface area contributed by atoms with E-state index < -0.39 is 58.7 Å². The molecule has 0 aliphatic heterocycles. The summed E-state index contributed by atoms with van der Waals surface area (Å²) < 4.78 is 109. The van der Waals surface area contributed by atoms with Crippen LogP contribution in [0, 0.1) is 41.9 Å². The van der Waals surface area contributed by atoms with Gasteiger partial charge in [-0.05, 0) is 68.2 Å². The molecule has 204 valence electrons. The Bertz CT molecular complexity index is 1280. The fourth-order valence-electron chi connectivity index (χ4n) is 5.20. The number of alkyl halides is 2. The first-order valence-electron chi connectivity index (χ1n) is 12.5. The van der Waals surface area contributed by atoms with Crippen LogP contribution in [0.15, 0.2) is 36.4 Å². The molecule has 9 heteroatoms. The van der Waals surface area contributed by atoms with Crippen LogP contribution < -0.4 is 9.47 Å². The molecule has 0 heterocycles. The maximum absolute atomic E-state index is 15.4. The van der Waals surface area contributed by atoms with Crippen molar-refractivity contribution in [2.75, 3.05) is 0 Å². The quantitative estimate of drug-likeness (QED) is 0.209. The standard InChI is InChI=1S/C29H27F7O2/c1-3-6-16-9-11-17(12-10-16)23-26(34)24(32)15(2)25(33)28(23)37-22-8-5-4-7-19(22)18-13-20(30)27(21(31)14-18)38-29(35)36/h4-5,7-8,13-14,16-17,29H,3,6,9-12H2,1-2H3. The normalized spacial score (nSPS) is 17.6. The van der Waals surface area contributed by atoms with E-state index in [1.807, 2.05) is 0 Å².